The van der Waals surface area contributed by atoms with Crippen LogP contribution in [0.25, 0.3) is 0 Å². The number of benzene rings is 1. The van der Waals surface area contributed by atoms with Crippen LogP contribution in [0.2, 0.25) is 0 Å². The van der Waals surface area contributed by atoms with E-state index in [1.54, 1.807) is 30.5 Å². The summed E-state index contributed by atoms with van der Waals surface area (Å²) in [6.45, 7) is 0.615. The fraction of sp³-hybridized carbons (Fsp3) is 0.154. The zero-order chi connectivity index (χ0) is 14.2. The average Bonchev–Trinajstić information content (AvgIpc) is 2.46. The molecule has 1 aromatic heterocycles. The van der Waals surface area contributed by atoms with Gasteiger partial charge in [0.25, 0.3) is 10.0 Å². The van der Waals surface area contributed by atoms with Gasteiger partial charge in [-0.25, -0.2) is 8.42 Å². The van der Waals surface area contributed by atoms with Crippen LogP contribution in [-0.4, -0.2) is 26.6 Å². The summed E-state index contributed by atoms with van der Waals surface area (Å²) in [5.74, 6) is 0.574. The van der Waals surface area contributed by atoms with Gasteiger partial charge >= 0.3 is 0 Å². The Bertz CT molecular complexity index is 749. The molecule has 5 nitrogen and oxygen atoms in total. The van der Waals surface area contributed by atoms with Crippen LogP contribution in [-0.2, 0) is 10.0 Å². The second-order valence-electron chi connectivity index (χ2n) is 4.23. The van der Waals surface area contributed by atoms with Crippen molar-refractivity contribution in [1.29, 1.82) is 0 Å². The van der Waals surface area contributed by atoms with E-state index in [0.717, 1.165) is 0 Å². The molecule has 0 aliphatic carbocycles. The summed E-state index contributed by atoms with van der Waals surface area (Å²) in [4.78, 5) is 4.07. The van der Waals surface area contributed by atoms with Gasteiger partial charge in [0.15, 0.2) is 0 Å². The topological polar surface area (TPSA) is 59.5 Å². The van der Waals surface area contributed by atoms with Crippen molar-refractivity contribution in [3.8, 4) is 5.75 Å². The zero-order valence-electron chi connectivity index (χ0n) is 10.4. The van der Waals surface area contributed by atoms with E-state index in [1.165, 1.54) is 10.5 Å². The van der Waals surface area contributed by atoms with E-state index in [0.29, 0.717) is 22.5 Å². The number of halogens is 1. The van der Waals surface area contributed by atoms with Crippen LogP contribution in [0.15, 0.2) is 52.1 Å². The number of fused-ring (bicyclic) bond motifs is 1. The van der Waals surface area contributed by atoms with Crippen molar-refractivity contribution in [2.75, 3.05) is 17.5 Å². The van der Waals surface area contributed by atoms with Gasteiger partial charge in [-0.1, -0.05) is 12.1 Å². The van der Waals surface area contributed by atoms with Gasteiger partial charge in [-0.2, -0.15) is 0 Å². The molecule has 1 aliphatic rings. The highest BCUT2D eigenvalue weighted by Gasteiger charge is 2.30. The number of nitrogens with zero attached hydrogens (tertiary/aromatic N) is 2. The minimum atomic E-state index is -3.64. The molecule has 3 rings (SSSR count). The maximum absolute atomic E-state index is 12.7. The molecule has 0 saturated carbocycles. The van der Waals surface area contributed by atoms with Crippen molar-refractivity contribution in [2.24, 2.45) is 0 Å². The van der Waals surface area contributed by atoms with Crippen LogP contribution in [0.3, 0.4) is 0 Å². The molecule has 0 saturated heterocycles. The number of sulfonamides is 1. The van der Waals surface area contributed by atoms with E-state index < -0.39 is 10.0 Å². The number of rotatable bonds is 2. The monoisotopic (exact) mass is 354 g/mol. The first kappa shape index (κ1) is 13.4. The summed E-state index contributed by atoms with van der Waals surface area (Å²) in [6, 6.07) is 8.64. The minimum absolute atomic E-state index is 0.156. The lowest BCUT2D eigenvalue weighted by atomic mass is 10.2. The quantitative estimate of drug-likeness (QED) is 0.830. The van der Waals surface area contributed by atoms with Crippen molar-refractivity contribution in [3.63, 3.8) is 0 Å². The van der Waals surface area contributed by atoms with E-state index in [1.807, 2.05) is 6.07 Å². The fourth-order valence-corrected chi connectivity index (χ4v) is 4.02. The first-order valence-electron chi connectivity index (χ1n) is 5.94. The Morgan fingerprint density at radius 1 is 1.25 bits per heavy atom. The number of para-hydroxylation sites is 2. The Hall–Kier alpha value is -1.60. The maximum atomic E-state index is 12.7. The molecule has 0 radical (unpaired) electrons. The van der Waals surface area contributed by atoms with Gasteiger partial charge in [0.05, 0.1) is 12.2 Å². The number of pyridine rings is 1. The molecule has 0 bridgehead atoms. The Morgan fingerprint density at radius 3 is 2.85 bits per heavy atom. The minimum Gasteiger partial charge on any atom is -0.489 e. The molecule has 0 N–H and O–H groups in total. The van der Waals surface area contributed by atoms with Crippen molar-refractivity contribution in [1.82, 2.24) is 4.98 Å². The van der Waals surface area contributed by atoms with Crippen LogP contribution < -0.4 is 9.04 Å². The van der Waals surface area contributed by atoms with E-state index in [4.69, 9.17) is 4.74 Å². The Balaban J connectivity index is 2.10. The van der Waals surface area contributed by atoms with Gasteiger partial charge < -0.3 is 4.74 Å². The van der Waals surface area contributed by atoms with E-state index in [-0.39, 0.29) is 11.4 Å². The van der Waals surface area contributed by atoms with E-state index in [9.17, 15) is 8.42 Å². The number of aromatic nitrogens is 1. The molecule has 0 spiro atoms. The molecule has 0 fully saturated rings. The first-order valence-corrected chi connectivity index (χ1v) is 8.17. The van der Waals surface area contributed by atoms with E-state index >= 15 is 0 Å². The second-order valence-corrected chi connectivity index (χ2v) is 7.01. The summed E-state index contributed by atoms with van der Waals surface area (Å²) < 4.78 is 32.9. The summed E-state index contributed by atoms with van der Waals surface area (Å²) in [5, 5.41) is 0. The van der Waals surface area contributed by atoms with Gasteiger partial charge in [-0.05, 0) is 34.1 Å². The predicted octanol–water partition coefficient (Wildman–Crippen LogP) is 2.43. The van der Waals surface area contributed by atoms with Crippen LogP contribution in [0.1, 0.15) is 0 Å². The third-order valence-corrected chi connectivity index (χ3v) is 5.17. The zero-order valence-corrected chi connectivity index (χ0v) is 12.8. The van der Waals surface area contributed by atoms with Crippen LogP contribution in [0, 0.1) is 0 Å². The molecule has 20 heavy (non-hydrogen) atoms. The molecule has 0 amide bonds. The highest BCUT2D eigenvalue weighted by molar-refractivity contribution is 9.10. The molecule has 0 unspecified atom stereocenters. The van der Waals surface area contributed by atoms with Crippen molar-refractivity contribution >= 4 is 31.6 Å². The molecule has 2 aromatic rings. The van der Waals surface area contributed by atoms with Gasteiger partial charge in [0.1, 0.15) is 17.3 Å². The lowest BCUT2D eigenvalue weighted by molar-refractivity contribution is 0.316. The van der Waals surface area contributed by atoms with Crippen molar-refractivity contribution in [2.45, 2.75) is 4.90 Å². The number of anilines is 1. The average molecular weight is 355 g/mol. The SMILES string of the molecule is O=S(=O)(c1cncc(Br)c1)N1CCOc2ccccc21. The summed E-state index contributed by atoms with van der Waals surface area (Å²) in [6.07, 6.45) is 2.89. The van der Waals surface area contributed by atoms with Crippen LogP contribution >= 0.6 is 15.9 Å². The number of hydrogen-bond donors (Lipinski definition) is 0. The molecule has 1 aliphatic heterocycles. The highest BCUT2D eigenvalue weighted by Crippen LogP contribution is 2.34. The standard InChI is InChI=1S/C13H11BrN2O3S/c14-10-7-11(9-15-8-10)20(17,18)16-5-6-19-13-4-2-1-3-12(13)16/h1-4,7-9H,5-6H2. The first-order chi connectivity index (χ1) is 9.59. The largest absolute Gasteiger partial charge is 0.489 e. The van der Waals surface area contributed by atoms with Gasteiger partial charge in [0.2, 0.25) is 0 Å². The maximum Gasteiger partial charge on any atom is 0.266 e. The highest BCUT2D eigenvalue weighted by atomic mass is 79.9. The van der Waals surface area contributed by atoms with Gasteiger partial charge in [-0.15, -0.1) is 0 Å². The Morgan fingerprint density at radius 2 is 2.05 bits per heavy atom. The van der Waals surface area contributed by atoms with Crippen molar-refractivity contribution in [3.05, 3.63) is 47.2 Å². The molecule has 7 heteroatoms. The van der Waals surface area contributed by atoms with E-state index in [2.05, 4.69) is 20.9 Å². The summed E-state index contributed by atoms with van der Waals surface area (Å²) >= 11 is 3.24. The number of hydrogen-bond acceptors (Lipinski definition) is 4. The second kappa shape index (κ2) is 5.06. The van der Waals surface area contributed by atoms with Gasteiger partial charge in [0, 0.05) is 16.9 Å². The fourth-order valence-electron chi connectivity index (χ4n) is 2.05. The smallest absolute Gasteiger partial charge is 0.266 e. The normalized spacial score (nSPS) is 14.6. The Kier molecular flexibility index (Phi) is 3.39. The lowest BCUT2D eigenvalue weighted by Crippen LogP contribution is -2.37. The summed E-state index contributed by atoms with van der Waals surface area (Å²) in [7, 11) is -3.64. The molecule has 1 aromatic carbocycles. The predicted molar refractivity (Wildman–Crippen MR) is 78.4 cm³/mol. The third kappa shape index (κ3) is 2.27. The number of ether oxygens (including phenoxy) is 1. The van der Waals surface area contributed by atoms with Crippen LogP contribution in [0.4, 0.5) is 5.69 Å². The lowest BCUT2D eigenvalue weighted by Gasteiger charge is -2.30. The molecule has 104 valence electrons. The summed E-state index contributed by atoms with van der Waals surface area (Å²) in [5.41, 5.74) is 0.554. The molecule has 0 atom stereocenters. The third-order valence-electron chi connectivity index (χ3n) is 2.95. The molecular formula is C13H11BrN2O3S. The van der Waals surface area contributed by atoms with Crippen LogP contribution in [0.5, 0.6) is 5.75 Å². The van der Waals surface area contributed by atoms with Crippen molar-refractivity contribution < 1.29 is 13.2 Å². The molecular weight excluding hydrogens is 344 g/mol. The molecule has 2 heterocycles. The Labute approximate surface area is 125 Å². The van der Waals surface area contributed by atoms with Gasteiger partial charge in [-0.3, -0.25) is 9.29 Å².